The number of hydrogen-bond donors (Lipinski definition) is 2. The number of nitrogens with two attached hydrogens (primary N) is 1. The van der Waals surface area contributed by atoms with Crippen LogP contribution in [-0.4, -0.2) is 14.9 Å². The normalized spacial score (nSPS) is 12.6. The zero-order valence-corrected chi connectivity index (χ0v) is 11.1. The van der Waals surface area contributed by atoms with Gasteiger partial charge in [-0.2, -0.15) is 5.10 Å². The minimum atomic E-state index is -0.770. The summed E-state index contributed by atoms with van der Waals surface area (Å²) in [7, 11) is 0. The van der Waals surface area contributed by atoms with Crippen LogP contribution in [0.5, 0.6) is 0 Å². The van der Waals surface area contributed by atoms with Crippen molar-refractivity contribution in [3.8, 4) is 0 Å². The van der Waals surface area contributed by atoms with Gasteiger partial charge in [-0.3, -0.25) is 4.68 Å². The molecule has 1 heterocycles. The number of rotatable bonds is 3. The summed E-state index contributed by atoms with van der Waals surface area (Å²) >= 11 is 3.40. The van der Waals surface area contributed by atoms with Crippen LogP contribution < -0.4 is 5.73 Å². The molecule has 0 radical (unpaired) electrons. The van der Waals surface area contributed by atoms with Crippen LogP contribution in [0.25, 0.3) is 0 Å². The maximum absolute atomic E-state index is 10.4. The van der Waals surface area contributed by atoms with Crippen LogP contribution >= 0.6 is 15.9 Å². The minimum Gasteiger partial charge on any atom is -0.398 e. The van der Waals surface area contributed by atoms with Crippen LogP contribution in [0.3, 0.4) is 0 Å². The van der Waals surface area contributed by atoms with Gasteiger partial charge in [-0.25, -0.2) is 0 Å². The second-order valence-corrected chi connectivity index (χ2v) is 4.58. The number of aliphatic hydroxyl groups excluding tert-OH is 1. The molecule has 2 aromatic rings. The van der Waals surface area contributed by atoms with Gasteiger partial charge in [-0.15, -0.1) is 0 Å². The van der Waals surface area contributed by atoms with E-state index in [0.29, 0.717) is 17.8 Å². The van der Waals surface area contributed by atoms with Crippen LogP contribution in [-0.2, 0) is 6.54 Å². The molecule has 17 heavy (non-hydrogen) atoms. The Labute approximate surface area is 108 Å². The monoisotopic (exact) mass is 295 g/mol. The molecule has 1 aromatic heterocycles. The van der Waals surface area contributed by atoms with E-state index >= 15 is 0 Å². The second kappa shape index (κ2) is 4.89. The van der Waals surface area contributed by atoms with E-state index in [0.717, 1.165) is 10.2 Å². The summed E-state index contributed by atoms with van der Waals surface area (Å²) in [5.74, 6) is 0. The van der Waals surface area contributed by atoms with Crippen LogP contribution in [0.1, 0.15) is 24.3 Å². The number of anilines is 1. The van der Waals surface area contributed by atoms with Crippen molar-refractivity contribution >= 4 is 21.6 Å². The van der Waals surface area contributed by atoms with Crippen molar-refractivity contribution in [3.05, 3.63) is 46.2 Å². The Hall–Kier alpha value is -1.33. The Morgan fingerprint density at radius 2 is 2.18 bits per heavy atom. The highest BCUT2D eigenvalue weighted by molar-refractivity contribution is 9.10. The van der Waals surface area contributed by atoms with Crippen molar-refractivity contribution in [2.24, 2.45) is 0 Å². The number of para-hydroxylation sites is 1. The highest BCUT2D eigenvalue weighted by atomic mass is 79.9. The number of nitrogens with zero attached hydrogens (tertiary/aromatic N) is 2. The highest BCUT2D eigenvalue weighted by Gasteiger charge is 2.20. The summed E-state index contributed by atoms with van der Waals surface area (Å²) < 4.78 is 2.54. The second-order valence-electron chi connectivity index (χ2n) is 3.72. The van der Waals surface area contributed by atoms with E-state index in [4.69, 9.17) is 5.73 Å². The lowest BCUT2D eigenvalue weighted by Crippen LogP contribution is -2.11. The molecule has 0 amide bonds. The molecule has 0 saturated heterocycles. The SMILES string of the molecule is CCn1ncc(Br)c1C(O)c1ccccc1N. The summed E-state index contributed by atoms with van der Waals surface area (Å²) in [6.45, 7) is 2.68. The number of halogens is 1. The van der Waals surface area contributed by atoms with Crippen molar-refractivity contribution in [2.75, 3.05) is 5.73 Å². The lowest BCUT2D eigenvalue weighted by atomic mass is 10.0. The van der Waals surface area contributed by atoms with Crippen LogP contribution in [0.15, 0.2) is 34.9 Å². The third-order valence-corrected chi connectivity index (χ3v) is 3.29. The molecule has 5 heteroatoms. The average Bonchev–Trinajstić information content (AvgIpc) is 2.70. The van der Waals surface area contributed by atoms with Crippen LogP contribution in [0.4, 0.5) is 5.69 Å². The molecular weight excluding hydrogens is 282 g/mol. The van der Waals surface area contributed by atoms with Gasteiger partial charge in [-0.05, 0) is 28.9 Å². The number of aliphatic hydroxyl groups is 1. The third kappa shape index (κ3) is 2.21. The first kappa shape index (κ1) is 12.1. The predicted molar refractivity (Wildman–Crippen MR) is 70.5 cm³/mol. The molecule has 90 valence electrons. The maximum Gasteiger partial charge on any atom is 0.124 e. The molecule has 2 rings (SSSR count). The standard InChI is InChI=1S/C12H14BrN3O/c1-2-16-11(9(13)7-15-16)12(17)8-5-3-4-6-10(8)14/h3-7,12,17H,2,14H2,1H3. The first-order chi connectivity index (χ1) is 8.15. The summed E-state index contributed by atoms with van der Waals surface area (Å²) in [5, 5.41) is 14.6. The third-order valence-electron chi connectivity index (χ3n) is 2.68. The topological polar surface area (TPSA) is 64.1 Å². The largest absolute Gasteiger partial charge is 0.398 e. The maximum atomic E-state index is 10.4. The Morgan fingerprint density at radius 1 is 1.47 bits per heavy atom. The lowest BCUT2D eigenvalue weighted by molar-refractivity contribution is 0.208. The van der Waals surface area contributed by atoms with E-state index in [1.165, 1.54) is 0 Å². The molecule has 0 bridgehead atoms. The van der Waals surface area contributed by atoms with Gasteiger partial charge in [0.05, 0.1) is 16.4 Å². The molecule has 0 aliphatic carbocycles. The van der Waals surface area contributed by atoms with Gasteiger partial charge in [0, 0.05) is 17.8 Å². The van der Waals surface area contributed by atoms with Crippen molar-refractivity contribution in [2.45, 2.75) is 19.6 Å². The van der Waals surface area contributed by atoms with Crippen molar-refractivity contribution in [1.82, 2.24) is 9.78 Å². The van der Waals surface area contributed by atoms with Crippen molar-refractivity contribution in [3.63, 3.8) is 0 Å². The molecule has 0 aliphatic heterocycles. The van der Waals surface area contributed by atoms with E-state index in [1.807, 2.05) is 25.1 Å². The summed E-state index contributed by atoms with van der Waals surface area (Å²) in [6, 6.07) is 7.30. The van der Waals surface area contributed by atoms with E-state index in [2.05, 4.69) is 21.0 Å². The molecule has 0 aliphatic rings. The summed E-state index contributed by atoms with van der Waals surface area (Å²) in [5.41, 5.74) is 7.87. The van der Waals surface area contributed by atoms with Gasteiger partial charge in [-0.1, -0.05) is 18.2 Å². The van der Waals surface area contributed by atoms with Gasteiger partial charge >= 0.3 is 0 Å². The van der Waals surface area contributed by atoms with Gasteiger partial charge in [0.2, 0.25) is 0 Å². The quantitative estimate of drug-likeness (QED) is 0.854. The van der Waals surface area contributed by atoms with E-state index in [9.17, 15) is 5.11 Å². The number of nitrogen functional groups attached to an aromatic ring is 1. The van der Waals surface area contributed by atoms with Gasteiger partial charge in [0.1, 0.15) is 6.10 Å². The lowest BCUT2D eigenvalue weighted by Gasteiger charge is -2.15. The molecule has 0 saturated carbocycles. The van der Waals surface area contributed by atoms with E-state index < -0.39 is 6.10 Å². The Morgan fingerprint density at radius 3 is 2.82 bits per heavy atom. The zero-order chi connectivity index (χ0) is 12.4. The fraction of sp³-hybridized carbons (Fsp3) is 0.250. The highest BCUT2D eigenvalue weighted by Crippen LogP contribution is 2.31. The average molecular weight is 296 g/mol. The number of aromatic nitrogens is 2. The zero-order valence-electron chi connectivity index (χ0n) is 9.47. The van der Waals surface area contributed by atoms with Gasteiger partial charge in [0.25, 0.3) is 0 Å². The summed E-state index contributed by atoms with van der Waals surface area (Å²) in [4.78, 5) is 0. The fourth-order valence-corrected chi connectivity index (χ4v) is 2.32. The molecular formula is C12H14BrN3O. The van der Waals surface area contributed by atoms with Crippen molar-refractivity contribution < 1.29 is 5.11 Å². The fourth-order valence-electron chi connectivity index (χ4n) is 1.80. The number of hydrogen-bond acceptors (Lipinski definition) is 3. The number of aryl methyl sites for hydroxylation is 1. The van der Waals surface area contributed by atoms with Gasteiger partial charge in [0.15, 0.2) is 0 Å². The van der Waals surface area contributed by atoms with Crippen LogP contribution in [0.2, 0.25) is 0 Å². The smallest absolute Gasteiger partial charge is 0.124 e. The molecule has 4 nitrogen and oxygen atoms in total. The Balaban J connectivity index is 2.47. The van der Waals surface area contributed by atoms with Gasteiger partial charge < -0.3 is 10.8 Å². The first-order valence-corrected chi connectivity index (χ1v) is 6.18. The molecule has 1 unspecified atom stereocenters. The minimum absolute atomic E-state index is 0.579. The molecule has 0 fully saturated rings. The predicted octanol–water partition coefficient (Wildman–Crippen LogP) is 2.33. The van der Waals surface area contributed by atoms with E-state index in [-0.39, 0.29) is 0 Å². The Kier molecular flexibility index (Phi) is 3.49. The number of benzene rings is 1. The van der Waals surface area contributed by atoms with E-state index in [1.54, 1.807) is 16.9 Å². The molecule has 3 N–H and O–H groups in total. The molecule has 1 aromatic carbocycles. The summed E-state index contributed by atoms with van der Waals surface area (Å²) in [6.07, 6.45) is 0.911. The van der Waals surface area contributed by atoms with Crippen molar-refractivity contribution in [1.29, 1.82) is 0 Å². The first-order valence-electron chi connectivity index (χ1n) is 5.38. The Bertz CT molecular complexity index is 524. The molecule has 0 spiro atoms. The molecule has 1 atom stereocenters. The van der Waals surface area contributed by atoms with Crippen LogP contribution in [0, 0.1) is 0 Å².